The Hall–Kier alpha value is -0.820. The molecule has 1 aromatic heterocycles. The summed E-state index contributed by atoms with van der Waals surface area (Å²) in [6.45, 7) is 0.384. The van der Waals surface area contributed by atoms with Crippen molar-refractivity contribution in [3.63, 3.8) is 0 Å². The number of hydrogen-bond donors (Lipinski definition) is 1. The van der Waals surface area contributed by atoms with E-state index in [-0.39, 0.29) is 24.8 Å². The van der Waals surface area contributed by atoms with Crippen LogP contribution in [0.2, 0.25) is 0 Å². The molecule has 1 aromatic rings. The monoisotopic (exact) mass is 205 g/mol. The molecule has 1 heterocycles. The fourth-order valence-corrected chi connectivity index (χ4v) is 0.659. The lowest BCUT2D eigenvalue weighted by Gasteiger charge is -1.92. The summed E-state index contributed by atoms with van der Waals surface area (Å²) in [6, 6.07) is 5.34. The van der Waals surface area contributed by atoms with E-state index in [1.165, 1.54) is 0 Å². The summed E-state index contributed by atoms with van der Waals surface area (Å²) in [6.07, 6.45) is 1.58. The van der Waals surface area contributed by atoms with Crippen LogP contribution in [0.15, 0.2) is 18.3 Å². The van der Waals surface area contributed by atoms with Crippen LogP contribution >= 0.6 is 24.8 Å². The van der Waals surface area contributed by atoms with Gasteiger partial charge in [-0.05, 0) is 12.1 Å². The Labute approximate surface area is 83.4 Å². The number of pyridine rings is 1. The van der Waals surface area contributed by atoms with E-state index in [2.05, 4.69) is 4.98 Å². The number of nitrogens with two attached hydrogens (primary N) is 1. The molecule has 12 heavy (non-hydrogen) atoms. The molecule has 2 N–H and O–H groups in total. The molecule has 1 rings (SSSR count). The first kappa shape index (κ1) is 13.7. The van der Waals surface area contributed by atoms with Crippen molar-refractivity contribution in [1.82, 2.24) is 4.98 Å². The number of halogens is 2. The number of nitrogens with zero attached hydrogens (tertiary/aromatic N) is 2. The van der Waals surface area contributed by atoms with Gasteiger partial charge < -0.3 is 5.73 Å². The Bertz CT molecular complexity index is 270. The summed E-state index contributed by atoms with van der Waals surface area (Å²) in [5, 5.41) is 8.44. The summed E-state index contributed by atoms with van der Waals surface area (Å²) < 4.78 is 0. The maximum atomic E-state index is 8.44. The van der Waals surface area contributed by atoms with Gasteiger partial charge in [-0.15, -0.1) is 24.8 Å². The average molecular weight is 206 g/mol. The minimum Gasteiger partial charge on any atom is -0.325 e. The molecular formula is C7H9Cl2N3. The summed E-state index contributed by atoms with van der Waals surface area (Å²) in [5.74, 6) is 0. The van der Waals surface area contributed by atoms with Crippen molar-refractivity contribution in [3.8, 4) is 6.07 Å². The molecule has 0 radical (unpaired) electrons. The minimum atomic E-state index is 0. The molecule has 0 aliphatic carbocycles. The highest BCUT2D eigenvalue weighted by molar-refractivity contribution is 5.85. The predicted molar refractivity (Wildman–Crippen MR) is 51.3 cm³/mol. The van der Waals surface area contributed by atoms with Crippen LogP contribution in [0.1, 0.15) is 11.3 Å². The van der Waals surface area contributed by atoms with Gasteiger partial charge in [0.1, 0.15) is 0 Å². The van der Waals surface area contributed by atoms with Crippen molar-refractivity contribution in [2.24, 2.45) is 5.73 Å². The maximum Gasteiger partial charge on any atom is 0.0992 e. The van der Waals surface area contributed by atoms with E-state index in [9.17, 15) is 0 Å². The largest absolute Gasteiger partial charge is 0.325 e. The van der Waals surface area contributed by atoms with Crippen LogP contribution in [-0.4, -0.2) is 4.98 Å². The van der Waals surface area contributed by atoms with E-state index in [0.717, 1.165) is 5.69 Å². The number of aromatic nitrogens is 1. The lowest BCUT2D eigenvalue weighted by atomic mass is 10.2. The molecule has 5 heteroatoms. The van der Waals surface area contributed by atoms with Crippen molar-refractivity contribution in [2.75, 3.05) is 0 Å². The second-order valence-electron chi connectivity index (χ2n) is 1.85. The number of nitriles is 1. The molecule has 66 valence electrons. The number of hydrogen-bond acceptors (Lipinski definition) is 3. The third-order valence-corrected chi connectivity index (χ3v) is 1.15. The van der Waals surface area contributed by atoms with Gasteiger partial charge in [0, 0.05) is 12.7 Å². The molecule has 0 spiro atoms. The van der Waals surface area contributed by atoms with Crippen molar-refractivity contribution in [3.05, 3.63) is 29.6 Å². The molecule has 0 aliphatic heterocycles. The maximum absolute atomic E-state index is 8.44. The van der Waals surface area contributed by atoms with Crippen LogP contribution < -0.4 is 5.73 Å². The summed E-state index contributed by atoms with van der Waals surface area (Å²) in [4.78, 5) is 3.93. The fourth-order valence-electron chi connectivity index (χ4n) is 0.659. The topological polar surface area (TPSA) is 62.7 Å². The summed E-state index contributed by atoms with van der Waals surface area (Å²) in [5.41, 5.74) is 6.66. The molecule has 0 saturated carbocycles. The molecule has 0 amide bonds. The predicted octanol–water partition coefficient (Wildman–Crippen LogP) is 1.26. The van der Waals surface area contributed by atoms with Gasteiger partial charge >= 0.3 is 0 Å². The zero-order valence-corrected chi connectivity index (χ0v) is 7.86. The van der Waals surface area contributed by atoms with Gasteiger partial charge in [0.15, 0.2) is 0 Å². The van der Waals surface area contributed by atoms with E-state index >= 15 is 0 Å². The Balaban J connectivity index is 0. The van der Waals surface area contributed by atoms with Crippen LogP contribution in [0.3, 0.4) is 0 Å². The van der Waals surface area contributed by atoms with Gasteiger partial charge in [0.2, 0.25) is 0 Å². The van der Waals surface area contributed by atoms with E-state index in [0.29, 0.717) is 12.1 Å². The third kappa shape index (κ3) is 3.54. The molecule has 0 bridgehead atoms. The Kier molecular flexibility index (Phi) is 7.86. The van der Waals surface area contributed by atoms with Crippen molar-refractivity contribution in [1.29, 1.82) is 5.26 Å². The molecular weight excluding hydrogens is 197 g/mol. The highest BCUT2D eigenvalue weighted by Gasteiger charge is 1.91. The van der Waals surface area contributed by atoms with E-state index < -0.39 is 0 Å². The molecule has 0 fully saturated rings. The quantitative estimate of drug-likeness (QED) is 0.752. The minimum absolute atomic E-state index is 0. The fraction of sp³-hybridized carbons (Fsp3) is 0.143. The lowest BCUT2D eigenvalue weighted by Crippen LogP contribution is -1.98. The van der Waals surface area contributed by atoms with E-state index in [1.54, 1.807) is 18.3 Å². The van der Waals surface area contributed by atoms with E-state index in [4.69, 9.17) is 11.0 Å². The highest BCUT2D eigenvalue weighted by Crippen LogP contribution is 1.97. The Morgan fingerprint density at radius 3 is 2.67 bits per heavy atom. The van der Waals surface area contributed by atoms with Crippen LogP contribution in [0.4, 0.5) is 0 Å². The number of rotatable bonds is 1. The van der Waals surface area contributed by atoms with Crippen LogP contribution in [0.5, 0.6) is 0 Å². The second-order valence-corrected chi connectivity index (χ2v) is 1.85. The van der Waals surface area contributed by atoms with Gasteiger partial charge in [0.25, 0.3) is 0 Å². The van der Waals surface area contributed by atoms with Crippen molar-refractivity contribution >= 4 is 24.8 Å². The molecule has 0 aromatic carbocycles. The second kappa shape index (κ2) is 6.86. The van der Waals surface area contributed by atoms with Crippen LogP contribution in [-0.2, 0) is 6.54 Å². The summed E-state index contributed by atoms with van der Waals surface area (Å²) >= 11 is 0. The first-order valence-electron chi connectivity index (χ1n) is 2.92. The van der Waals surface area contributed by atoms with Gasteiger partial charge in [-0.2, -0.15) is 5.26 Å². The molecule has 0 saturated heterocycles. The molecule has 3 nitrogen and oxygen atoms in total. The lowest BCUT2D eigenvalue weighted by molar-refractivity contribution is 0.988. The van der Waals surface area contributed by atoms with Gasteiger partial charge in [-0.3, -0.25) is 4.98 Å². The van der Waals surface area contributed by atoms with E-state index in [1.807, 2.05) is 6.07 Å². The van der Waals surface area contributed by atoms with Gasteiger partial charge in [-0.25, -0.2) is 0 Å². The molecule has 0 aliphatic rings. The third-order valence-electron chi connectivity index (χ3n) is 1.15. The molecule has 0 atom stereocenters. The Morgan fingerprint density at radius 1 is 1.50 bits per heavy atom. The van der Waals surface area contributed by atoms with Crippen LogP contribution in [0.25, 0.3) is 0 Å². The standard InChI is InChI=1S/C7H7N3.2ClH/c8-4-6-1-2-10-7(3-6)5-9;;/h1-3H,5,9H2;2*1H. The average Bonchev–Trinajstić information content (AvgIpc) is 2.05. The first-order valence-corrected chi connectivity index (χ1v) is 2.92. The smallest absolute Gasteiger partial charge is 0.0992 e. The summed E-state index contributed by atoms with van der Waals surface area (Å²) in [7, 11) is 0. The molecule has 0 unspecified atom stereocenters. The zero-order chi connectivity index (χ0) is 7.40. The Morgan fingerprint density at radius 2 is 2.17 bits per heavy atom. The SMILES string of the molecule is Cl.Cl.N#Cc1ccnc(CN)c1. The van der Waals surface area contributed by atoms with Crippen molar-refractivity contribution < 1.29 is 0 Å². The van der Waals surface area contributed by atoms with Gasteiger partial charge in [-0.1, -0.05) is 0 Å². The zero-order valence-electron chi connectivity index (χ0n) is 6.23. The van der Waals surface area contributed by atoms with Crippen LogP contribution in [0, 0.1) is 11.3 Å². The normalized spacial score (nSPS) is 7.33. The first-order chi connectivity index (χ1) is 4.86. The highest BCUT2D eigenvalue weighted by atomic mass is 35.5. The van der Waals surface area contributed by atoms with Gasteiger partial charge in [0.05, 0.1) is 17.3 Å². The van der Waals surface area contributed by atoms with Crippen molar-refractivity contribution in [2.45, 2.75) is 6.54 Å².